The molecule has 1 heterocycles. The number of nitrogens with zero attached hydrogens (tertiary/aromatic N) is 1. The highest BCUT2D eigenvalue weighted by atomic mass is 16.5. The van der Waals surface area contributed by atoms with Crippen molar-refractivity contribution in [1.29, 1.82) is 0 Å². The number of carbonyl (C=O) groups excluding carboxylic acids is 1. The molecule has 196 valence electrons. The molecule has 1 aliphatic rings. The molecule has 1 fully saturated rings. The number of hydrogen-bond acceptors (Lipinski definition) is 5. The van der Waals surface area contributed by atoms with Crippen molar-refractivity contribution >= 4 is 5.78 Å². The predicted octanol–water partition coefficient (Wildman–Crippen LogP) is 6.98. The lowest BCUT2D eigenvalue weighted by Crippen LogP contribution is -2.44. The van der Waals surface area contributed by atoms with E-state index in [2.05, 4.69) is 61.2 Å². The predicted molar refractivity (Wildman–Crippen MR) is 148 cm³/mol. The van der Waals surface area contributed by atoms with E-state index < -0.39 is 0 Å². The quantitative estimate of drug-likeness (QED) is 0.284. The highest BCUT2D eigenvalue weighted by Crippen LogP contribution is 2.37. The molecule has 0 amide bonds. The number of piperidine rings is 1. The first-order valence-electron chi connectivity index (χ1n) is 13.3. The van der Waals surface area contributed by atoms with Crippen LogP contribution in [0.5, 0.6) is 17.2 Å². The molecule has 1 saturated heterocycles. The highest BCUT2D eigenvalue weighted by molar-refractivity contribution is 5.84. The van der Waals surface area contributed by atoms with E-state index in [-0.39, 0.29) is 6.04 Å². The smallest absolute Gasteiger partial charge is 0.149 e. The van der Waals surface area contributed by atoms with Crippen LogP contribution in [0.1, 0.15) is 55.7 Å². The first-order valence-corrected chi connectivity index (χ1v) is 13.3. The average Bonchev–Trinajstić information content (AvgIpc) is 2.93. The Balaban J connectivity index is 1.54. The van der Waals surface area contributed by atoms with E-state index >= 15 is 0 Å². The van der Waals surface area contributed by atoms with Gasteiger partial charge in [0.25, 0.3) is 0 Å². The van der Waals surface area contributed by atoms with Gasteiger partial charge in [-0.1, -0.05) is 61.9 Å². The summed E-state index contributed by atoms with van der Waals surface area (Å²) in [4.78, 5) is 15.1. The van der Waals surface area contributed by atoms with Crippen molar-refractivity contribution in [1.82, 2.24) is 4.90 Å². The summed E-state index contributed by atoms with van der Waals surface area (Å²) in [5.74, 6) is 2.47. The van der Waals surface area contributed by atoms with Gasteiger partial charge < -0.3 is 14.2 Å². The first kappa shape index (κ1) is 26.7. The standard InChI is InChI=1S/C32H39NO4/c1-5-12-30(34)29-17-9-10-18-33(29)21-28-31(35-3)19-26(20-32(28)36-4)37-22-25-15-11-16-27(23(25)2)24-13-7-6-8-14-24/h6-8,11,13-16,19-20,29H,5,9-10,12,17-18,21-22H2,1-4H3/t29-/m0/s1. The number of ether oxygens (including phenoxy) is 3. The molecule has 5 nitrogen and oxygen atoms in total. The summed E-state index contributed by atoms with van der Waals surface area (Å²) in [6, 6.07) is 20.6. The van der Waals surface area contributed by atoms with Crippen molar-refractivity contribution in [3.8, 4) is 28.4 Å². The second-order valence-corrected chi connectivity index (χ2v) is 9.75. The van der Waals surface area contributed by atoms with Crippen LogP contribution in [0, 0.1) is 6.92 Å². The Bertz CT molecular complexity index is 1170. The summed E-state index contributed by atoms with van der Waals surface area (Å²) in [6.45, 7) is 6.17. The first-order chi connectivity index (χ1) is 18.0. The van der Waals surface area contributed by atoms with Gasteiger partial charge in [0.05, 0.1) is 25.8 Å². The average molecular weight is 502 g/mol. The zero-order valence-electron chi connectivity index (χ0n) is 22.6. The van der Waals surface area contributed by atoms with E-state index in [0.29, 0.717) is 31.1 Å². The largest absolute Gasteiger partial charge is 0.496 e. The number of Topliss-reactive ketones (excluding diaryl/α,β-unsaturated/α-hetero) is 1. The lowest BCUT2D eigenvalue weighted by atomic mass is 9.95. The number of benzene rings is 3. The van der Waals surface area contributed by atoms with Gasteiger partial charge >= 0.3 is 0 Å². The Morgan fingerprint density at radius 3 is 2.38 bits per heavy atom. The molecule has 0 aromatic heterocycles. The van der Waals surface area contributed by atoms with E-state index in [0.717, 1.165) is 54.9 Å². The van der Waals surface area contributed by atoms with Crippen LogP contribution in [0.4, 0.5) is 0 Å². The monoisotopic (exact) mass is 501 g/mol. The normalized spacial score (nSPS) is 15.8. The van der Waals surface area contributed by atoms with Gasteiger partial charge in [-0.25, -0.2) is 0 Å². The zero-order chi connectivity index (χ0) is 26.2. The summed E-state index contributed by atoms with van der Waals surface area (Å²) in [7, 11) is 3.34. The maximum atomic E-state index is 12.8. The van der Waals surface area contributed by atoms with Gasteiger partial charge in [0.2, 0.25) is 0 Å². The molecule has 0 N–H and O–H groups in total. The number of carbonyl (C=O) groups is 1. The van der Waals surface area contributed by atoms with Crippen LogP contribution >= 0.6 is 0 Å². The summed E-state index contributed by atoms with van der Waals surface area (Å²) in [6.07, 6.45) is 4.64. The fourth-order valence-electron chi connectivity index (χ4n) is 5.29. The molecule has 3 aromatic rings. The molecule has 0 bridgehead atoms. The molecule has 5 heteroatoms. The van der Waals surface area contributed by atoms with Crippen LogP contribution < -0.4 is 14.2 Å². The van der Waals surface area contributed by atoms with Crippen LogP contribution in [0.15, 0.2) is 60.7 Å². The Morgan fingerprint density at radius 1 is 0.973 bits per heavy atom. The van der Waals surface area contributed by atoms with E-state index in [1.165, 1.54) is 16.7 Å². The van der Waals surface area contributed by atoms with Crippen molar-refractivity contribution in [2.45, 2.75) is 65.1 Å². The van der Waals surface area contributed by atoms with Gasteiger partial charge in [-0.3, -0.25) is 9.69 Å². The van der Waals surface area contributed by atoms with Gasteiger partial charge in [0.15, 0.2) is 0 Å². The Labute approximate surface area is 221 Å². The molecule has 1 aliphatic heterocycles. The summed E-state index contributed by atoms with van der Waals surface area (Å²) in [5, 5.41) is 0. The molecule has 0 spiro atoms. The van der Waals surface area contributed by atoms with Gasteiger partial charge in [0.1, 0.15) is 29.6 Å². The second-order valence-electron chi connectivity index (χ2n) is 9.75. The Kier molecular flexibility index (Phi) is 9.24. The lowest BCUT2D eigenvalue weighted by Gasteiger charge is -2.35. The molecule has 0 radical (unpaired) electrons. The van der Waals surface area contributed by atoms with Crippen LogP contribution in [-0.2, 0) is 17.9 Å². The third-order valence-electron chi connectivity index (χ3n) is 7.35. The van der Waals surface area contributed by atoms with Gasteiger partial charge in [-0.15, -0.1) is 0 Å². The highest BCUT2D eigenvalue weighted by Gasteiger charge is 2.29. The summed E-state index contributed by atoms with van der Waals surface area (Å²) >= 11 is 0. The maximum absolute atomic E-state index is 12.8. The topological polar surface area (TPSA) is 48.0 Å². The minimum Gasteiger partial charge on any atom is -0.496 e. The zero-order valence-corrected chi connectivity index (χ0v) is 22.6. The van der Waals surface area contributed by atoms with Gasteiger partial charge in [0, 0.05) is 25.1 Å². The van der Waals surface area contributed by atoms with Crippen molar-refractivity contribution in [3.05, 3.63) is 77.4 Å². The van der Waals surface area contributed by atoms with E-state index in [1.807, 2.05) is 18.2 Å². The molecule has 0 saturated carbocycles. The van der Waals surface area contributed by atoms with Gasteiger partial charge in [-0.05, 0) is 55.0 Å². The molecule has 4 rings (SSSR count). The summed E-state index contributed by atoms with van der Waals surface area (Å²) in [5.41, 5.74) is 5.70. The molecule has 3 aromatic carbocycles. The van der Waals surface area contributed by atoms with Crippen molar-refractivity contribution in [2.75, 3.05) is 20.8 Å². The van der Waals surface area contributed by atoms with Crippen LogP contribution in [-0.4, -0.2) is 37.5 Å². The lowest BCUT2D eigenvalue weighted by molar-refractivity contribution is -0.125. The molecular weight excluding hydrogens is 462 g/mol. The van der Waals surface area contributed by atoms with Crippen LogP contribution in [0.2, 0.25) is 0 Å². The van der Waals surface area contributed by atoms with Crippen molar-refractivity contribution < 1.29 is 19.0 Å². The van der Waals surface area contributed by atoms with Crippen molar-refractivity contribution in [2.24, 2.45) is 0 Å². The maximum Gasteiger partial charge on any atom is 0.149 e. The number of ketones is 1. The summed E-state index contributed by atoms with van der Waals surface area (Å²) < 4.78 is 17.8. The molecule has 37 heavy (non-hydrogen) atoms. The molecular formula is C32H39NO4. The molecule has 0 unspecified atom stereocenters. The van der Waals surface area contributed by atoms with Crippen molar-refractivity contribution in [3.63, 3.8) is 0 Å². The molecule has 1 atom stereocenters. The minimum absolute atomic E-state index is 0.0288. The Hall–Kier alpha value is -3.31. The second kappa shape index (κ2) is 12.8. The Morgan fingerprint density at radius 2 is 1.70 bits per heavy atom. The number of hydrogen-bond donors (Lipinski definition) is 0. The van der Waals surface area contributed by atoms with E-state index in [1.54, 1.807) is 14.2 Å². The SMILES string of the molecule is CCCC(=O)[C@@H]1CCCCN1Cc1c(OC)cc(OCc2cccc(-c3ccccc3)c2C)cc1OC. The minimum atomic E-state index is -0.0288. The van der Waals surface area contributed by atoms with Crippen LogP contribution in [0.25, 0.3) is 11.1 Å². The third-order valence-corrected chi connectivity index (χ3v) is 7.35. The fourth-order valence-corrected chi connectivity index (χ4v) is 5.29. The van der Waals surface area contributed by atoms with Gasteiger partial charge in [-0.2, -0.15) is 0 Å². The fraction of sp³-hybridized carbons (Fsp3) is 0.406. The number of methoxy groups -OCH3 is 2. The molecule has 0 aliphatic carbocycles. The number of rotatable bonds is 11. The number of likely N-dealkylation sites (tertiary alicyclic amines) is 1. The van der Waals surface area contributed by atoms with E-state index in [9.17, 15) is 4.79 Å². The van der Waals surface area contributed by atoms with Crippen LogP contribution in [0.3, 0.4) is 0 Å². The third kappa shape index (κ3) is 6.34. The van der Waals surface area contributed by atoms with E-state index in [4.69, 9.17) is 14.2 Å².